The molecular weight excluding hydrogens is 246 g/mol. The molecule has 1 saturated carbocycles. The van der Waals surface area contributed by atoms with E-state index in [0.29, 0.717) is 12.8 Å². The third-order valence-electron chi connectivity index (χ3n) is 4.49. The molecule has 1 aliphatic carbocycles. The van der Waals surface area contributed by atoms with Crippen LogP contribution in [0.15, 0.2) is 0 Å². The summed E-state index contributed by atoms with van der Waals surface area (Å²) in [6.07, 6.45) is 2.81. The molecule has 1 rings (SSSR count). The van der Waals surface area contributed by atoms with Gasteiger partial charge in [-0.3, -0.25) is 9.59 Å². The zero-order valence-electron chi connectivity index (χ0n) is 12.2. The van der Waals surface area contributed by atoms with Crippen LogP contribution in [-0.4, -0.2) is 33.2 Å². The Balaban J connectivity index is 2.72. The summed E-state index contributed by atoms with van der Waals surface area (Å²) in [4.78, 5) is 23.5. The Labute approximate surface area is 114 Å². The zero-order valence-corrected chi connectivity index (χ0v) is 12.2. The molecular formula is C14H25NO4. The minimum atomic E-state index is -1.07. The van der Waals surface area contributed by atoms with E-state index in [-0.39, 0.29) is 12.3 Å². The summed E-state index contributed by atoms with van der Waals surface area (Å²) in [5.74, 6) is -1.20. The standard InChI is InChI=1S/C14H25NO4/c1-12(2,13(3,4)19)15-10(16)9-14(11(17)18)7-5-6-8-14/h19H,5-9H2,1-4H3,(H,15,16)(H,17,18). The number of amides is 1. The first-order valence-corrected chi connectivity index (χ1v) is 6.77. The molecule has 1 amide bonds. The lowest BCUT2D eigenvalue weighted by Crippen LogP contribution is -2.58. The number of carbonyl (C=O) groups excluding carboxylic acids is 1. The van der Waals surface area contributed by atoms with E-state index in [1.807, 2.05) is 0 Å². The van der Waals surface area contributed by atoms with Crippen molar-refractivity contribution in [2.24, 2.45) is 5.41 Å². The molecule has 1 fully saturated rings. The monoisotopic (exact) mass is 271 g/mol. The van der Waals surface area contributed by atoms with Crippen LogP contribution in [0.25, 0.3) is 0 Å². The Morgan fingerprint density at radius 3 is 2.00 bits per heavy atom. The molecule has 0 bridgehead atoms. The number of hydrogen-bond acceptors (Lipinski definition) is 3. The molecule has 5 nitrogen and oxygen atoms in total. The molecule has 0 unspecified atom stereocenters. The van der Waals surface area contributed by atoms with Gasteiger partial charge < -0.3 is 15.5 Å². The van der Waals surface area contributed by atoms with Crippen molar-refractivity contribution in [2.75, 3.05) is 0 Å². The molecule has 0 atom stereocenters. The molecule has 0 aromatic rings. The van der Waals surface area contributed by atoms with Gasteiger partial charge in [-0.25, -0.2) is 0 Å². The predicted molar refractivity (Wildman–Crippen MR) is 71.7 cm³/mol. The smallest absolute Gasteiger partial charge is 0.310 e. The molecule has 19 heavy (non-hydrogen) atoms. The molecule has 0 aromatic heterocycles. The van der Waals surface area contributed by atoms with Gasteiger partial charge in [0.25, 0.3) is 0 Å². The average molecular weight is 271 g/mol. The summed E-state index contributed by atoms with van der Waals surface area (Å²) in [6.45, 7) is 6.70. The van der Waals surface area contributed by atoms with E-state index in [1.165, 1.54) is 0 Å². The highest BCUT2D eigenvalue weighted by atomic mass is 16.4. The first kappa shape index (κ1) is 16.0. The summed E-state index contributed by atoms with van der Waals surface area (Å²) in [7, 11) is 0. The number of aliphatic carboxylic acids is 1. The molecule has 0 spiro atoms. The van der Waals surface area contributed by atoms with Crippen LogP contribution < -0.4 is 5.32 Å². The van der Waals surface area contributed by atoms with Crippen LogP contribution in [0.2, 0.25) is 0 Å². The van der Waals surface area contributed by atoms with Gasteiger partial charge in [0, 0.05) is 6.42 Å². The van der Waals surface area contributed by atoms with Gasteiger partial charge >= 0.3 is 5.97 Å². The van der Waals surface area contributed by atoms with E-state index in [1.54, 1.807) is 27.7 Å². The van der Waals surface area contributed by atoms with Gasteiger partial charge in [-0.1, -0.05) is 12.8 Å². The summed E-state index contributed by atoms with van der Waals surface area (Å²) < 4.78 is 0. The van der Waals surface area contributed by atoms with E-state index < -0.39 is 22.5 Å². The number of carboxylic acids is 1. The normalized spacial score (nSPS) is 19.2. The summed E-state index contributed by atoms with van der Waals surface area (Å²) in [5, 5.41) is 22.1. The maximum atomic E-state index is 12.1. The maximum Gasteiger partial charge on any atom is 0.310 e. The molecule has 0 radical (unpaired) electrons. The van der Waals surface area contributed by atoms with Crippen molar-refractivity contribution < 1.29 is 19.8 Å². The van der Waals surface area contributed by atoms with Crippen LogP contribution in [0.3, 0.4) is 0 Å². The van der Waals surface area contributed by atoms with Gasteiger partial charge in [-0.05, 0) is 40.5 Å². The third-order valence-corrected chi connectivity index (χ3v) is 4.49. The largest absolute Gasteiger partial charge is 0.481 e. The second-order valence-corrected chi connectivity index (χ2v) is 6.70. The number of carbonyl (C=O) groups is 2. The SMILES string of the molecule is CC(C)(O)C(C)(C)NC(=O)CC1(C(=O)O)CCCC1. The Morgan fingerprint density at radius 1 is 1.16 bits per heavy atom. The lowest BCUT2D eigenvalue weighted by atomic mass is 9.81. The molecule has 0 saturated heterocycles. The van der Waals surface area contributed by atoms with Crippen molar-refractivity contribution in [1.29, 1.82) is 0 Å². The quantitative estimate of drug-likeness (QED) is 0.710. The highest BCUT2D eigenvalue weighted by molar-refractivity contribution is 5.85. The van der Waals surface area contributed by atoms with E-state index in [9.17, 15) is 19.8 Å². The van der Waals surface area contributed by atoms with Gasteiger partial charge in [-0.2, -0.15) is 0 Å². The van der Waals surface area contributed by atoms with E-state index >= 15 is 0 Å². The van der Waals surface area contributed by atoms with Gasteiger partial charge in [0.15, 0.2) is 0 Å². The second-order valence-electron chi connectivity index (χ2n) is 6.70. The molecule has 5 heteroatoms. The summed E-state index contributed by atoms with van der Waals surface area (Å²) >= 11 is 0. The fourth-order valence-corrected chi connectivity index (χ4v) is 2.37. The van der Waals surface area contributed by atoms with Gasteiger partial charge in [0.2, 0.25) is 5.91 Å². The minimum Gasteiger partial charge on any atom is -0.481 e. The van der Waals surface area contributed by atoms with E-state index in [0.717, 1.165) is 12.8 Å². The van der Waals surface area contributed by atoms with Crippen molar-refractivity contribution in [3.8, 4) is 0 Å². The molecule has 3 N–H and O–H groups in total. The van der Waals surface area contributed by atoms with Crippen molar-refractivity contribution >= 4 is 11.9 Å². The van der Waals surface area contributed by atoms with Crippen molar-refractivity contribution in [1.82, 2.24) is 5.32 Å². The fraction of sp³-hybridized carbons (Fsp3) is 0.857. The minimum absolute atomic E-state index is 0.0121. The van der Waals surface area contributed by atoms with E-state index in [4.69, 9.17) is 0 Å². The van der Waals surface area contributed by atoms with E-state index in [2.05, 4.69) is 5.32 Å². The van der Waals surface area contributed by atoms with Crippen LogP contribution in [0, 0.1) is 5.41 Å². The van der Waals surface area contributed by atoms with Crippen LogP contribution in [0.1, 0.15) is 59.8 Å². The van der Waals surface area contributed by atoms with Crippen LogP contribution in [0.5, 0.6) is 0 Å². The molecule has 0 aliphatic heterocycles. The lowest BCUT2D eigenvalue weighted by molar-refractivity contribution is -0.152. The maximum absolute atomic E-state index is 12.1. The fourth-order valence-electron chi connectivity index (χ4n) is 2.37. The number of nitrogens with one attached hydrogen (secondary N) is 1. The molecule has 0 heterocycles. The Kier molecular flexibility index (Phi) is 4.30. The van der Waals surface area contributed by atoms with Crippen LogP contribution >= 0.6 is 0 Å². The van der Waals surface area contributed by atoms with Gasteiger partial charge in [-0.15, -0.1) is 0 Å². The predicted octanol–water partition coefficient (Wildman–Crippen LogP) is 1.69. The molecule has 0 aromatic carbocycles. The van der Waals surface area contributed by atoms with Crippen LogP contribution in [0.4, 0.5) is 0 Å². The molecule has 110 valence electrons. The highest BCUT2D eigenvalue weighted by Crippen LogP contribution is 2.41. The summed E-state index contributed by atoms with van der Waals surface area (Å²) in [5.41, 5.74) is -2.79. The Morgan fingerprint density at radius 2 is 1.63 bits per heavy atom. The molecule has 1 aliphatic rings. The number of aliphatic hydroxyl groups is 1. The first-order chi connectivity index (χ1) is 8.50. The van der Waals surface area contributed by atoms with Crippen LogP contribution in [-0.2, 0) is 9.59 Å². The first-order valence-electron chi connectivity index (χ1n) is 6.77. The van der Waals surface area contributed by atoms with Crippen molar-refractivity contribution in [2.45, 2.75) is 70.9 Å². The topological polar surface area (TPSA) is 86.6 Å². The Hall–Kier alpha value is -1.10. The third kappa shape index (κ3) is 3.47. The number of carboxylic acid groups (broad SMARTS) is 1. The second kappa shape index (κ2) is 5.12. The zero-order chi connectivity index (χ0) is 14.9. The highest BCUT2D eigenvalue weighted by Gasteiger charge is 2.44. The average Bonchev–Trinajstić information content (AvgIpc) is 2.64. The number of rotatable bonds is 5. The summed E-state index contributed by atoms with van der Waals surface area (Å²) in [6, 6.07) is 0. The van der Waals surface area contributed by atoms with Gasteiger partial charge in [0.05, 0.1) is 16.6 Å². The van der Waals surface area contributed by atoms with Crippen molar-refractivity contribution in [3.63, 3.8) is 0 Å². The van der Waals surface area contributed by atoms with Crippen molar-refractivity contribution in [3.05, 3.63) is 0 Å². The number of hydrogen-bond donors (Lipinski definition) is 3. The lowest BCUT2D eigenvalue weighted by Gasteiger charge is -2.38. The Bertz CT molecular complexity index is 362. The van der Waals surface area contributed by atoms with Gasteiger partial charge in [0.1, 0.15) is 0 Å².